The molecule has 1 aromatic heterocycles. The molecule has 1 aliphatic carbocycles. The lowest BCUT2D eigenvalue weighted by Gasteiger charge is -2.34. The van der Waals surface area contributed by atoms with E-state index in [2.05, 4.69) is 4.98 Å². The minimum Gasteiger partial charge on any atom is -0.274 e. The van der Waals surface area contributed by atoms with Crippen LogP contribution in [0.3, 0.4) is 0 Å². The topological polar surface area (TPSA) is 50.3 Å². The minimum absolute atomic E-state index is 0.0908. The first-order valence-electron chi connectivity index (χ1n) is 8.72. The number of benzene rings is 1. The average molecular weight is 389 g/mol. The molecular formula is C20H18Cl2N2O2. The summed E-state index contributed by atoms with van der Waals surface area (Å²) in [7, 11) is 0. The van der Waals surface area contributed by atoms with Crippen molar-refractivity contribution in [1.29, 1.82) is 0 Å². The molecule has 0 saturated carbocycles. The number of fused-ring (bicyclic) bond motifs is 2. The number of nitrogens with zero attached hydrogens (tertiary/aromatic N) is 2. The Kier molecular flexibility index (Phi) is 4.28. The van der Waals surface area contributed by atoms with Gasteiger partial charge in [0.25, 0.3) is 0 Å². The van der Waals surface area contributed by atoms with Gasteiger partial charge in [0.1, 0.15) is 10.3 Å². The summed E-state index contributed by atoms with van der Waals surface area (Å²) in [5.74, 6) is -1.16. The van der Waals surface area contributed by atoms with Crippen molar-refractivity contribution in [3.63, 3.8) is 0 Å². The fraction of sp³-hybridized carbons (Fsp3) is 0.350. The number of hydrogen-bond acceptors (Lipinski definition) is 3. The molecule has 0 radical (unpaired) electrons. The molecule has 134 valence electrons. The van der Waals surface area contributed by atoms with Crippen LogP contribution < -0.4 is 4.90 Å². The zero-order valence-corrected chi connectivity index (χ0v) is 16.0. The van der Waals surface area contributed by atoms with Gasteiger partial charge >= 0.3 is 0 Å². The summed E-state index contributed by atoms with van der Waals surface area (Å²) in [5.41, 5.74) is 3.33. The van der Waals surface area contributed by atoms with Crippen molar-refractivity contribution >= 4 is 40.7 Å². The van der Waals surface area contributed by atoms with Crippen LogP contribution in [0, 0.1) is 18.8 Å². The summed E-state index contributed by atoms with van der Waals surface area (Å²) in [4.78, 5) is 31.9. The number of pyridine rings is 1. The molecule has 6 heteroatoms. The molecule has 4 rings (SSSR count). The number of carbonyl (C=O) groups excluding carboxylic acids is 2. The van der Waals surface area contributed by atoms with E-state index in [-0.39, 0.29) is 23.7 Å². The van der Waals surface area contributed by atoms with Gasteiger partial charge in [-0.05, 0) is 54.5 Å². The molecule has 2 aliphatic rings. The first-order chi connectivity index (χ1) is 12.5. The van der Waals surface area contributed by atoms with Gasteiger partial charge in [-0.2, -0.15) is 0 Å². The number of aromatic nitrogens is 1. The lowest BCUT2D eigenvalue weighted by molar-refractivity contribution is -0.122. The van der Waals surface area contributed by atoms with Crippen molar-refractivity contribution in [2.24, 2.45) is 11.8 Å². The molecule has 0 spiro atoms. The van der Waals surface area contributed by atoms with Gasteiger partial charge in [0.2, 0.25) is 11.8 Å². The minimum atomic E-state index is -0.403. The van der Waals surface area contributed by atoms with Gasteiger partial charge in [-0.15, -0.1) is 0 Å². The van der Waals surface area contributed by atoms with Crippen LogP contribution in [-0.2, 0) is 16.0 Å². The second-order valence-electron chi connectivity index (χ2n) is 6.91. The van der Waals surface area contributed by atoms with Crippen LogP contribution in [-0.4, -0.2) is 16.8 Å². The van der Waals surface area contributed by atoms with Crippen LogP contribution >= 0.6 is 23.2 Å². The number of rotatable bonds is 2. The van der Waals surface area contributed by atoms with Crippen LogP contribution in [0.15, 0.2) is 30.3 Å². The number of halogens is 2. The first-order valence-corrected chi connectivity index (χ1v) is 9.48. The van der Waals surface area contributed by atoms with Crippen LogP contribution in [0.5, 0.6) is 0 Å². The van der Waals surface area contributed by atoms with Crippen molar-refractivity contribution in [3.8, 4) is 0 Å². The number of hydrogen-bond donors (Lipinski definition) is 0. The van der Waals surface area contributed by atoms with Gasteiger partial charge in [-0.25, -0.2) is 4.98 Å². The average Bonchev–Trinajstić information content (AvgIpc) is 2.89. The second-order valence-corrected chi connectivity index (χ2v) is 7.63. The molecule has 4 nitrogen and oxygen atoms in total. The summed E-state index contributed by atoms with van der Waals surface area (Å²) >= 11 is 12.6. The third kappa shape index (κ3) is 2.39. The maximum absolute atomic E-state index is 13.2. The summed E-state index contributed by atoms with van der Waals surface area (Å²) in [5, 5.41) is 0.702. The molecule has 1 saturated heterocycles. The van der Waals surface area contributed by atoms with Crippen molar-refractivity contribution < 1.29 is 9.59 Å². The fourth-order valence-electron chi connectivity index (χ4n) is 4.49. The molecule has 3 atom stereocenters. The molecule has 0 bridgehead atoms. The maximum Gasteiger partial charge on any atom is 0.238 e. The lowest BCUT2D eigenvalue weighted by atomic mass is 9.68. The van der Waals surface area contributed by atoms with Gasteiger partial charge in [0.05, 0.1) is 17.5 Å². The Morgan fingerprint density at radius 1 is 1.12 bits per heavy atom. The van der Waals surface area contributed by atoms with E-state index >= 15 is 0 Å². The molecule has 1 fully saturated rings. The number of para-hydroxylation sites is 1. The van der Waals surface area contributed by atoms with Crippen molar-refractivity contribution in [1.82, 2.24) is 4.98 Å². The second kappa shape index (κ2) is 6.36. The molecule has 0 unspecified atom stereocenters. The molecule has 1 aromatic carbocycles. The summed E-state index contributed by atoms with van der Waals surface area (Å²) in [6.07, 6.45) is 1.15. The standard InChI is InChI=1S/C20H18Cl2N2O2/c1-3-12-15-10(2)17(21)23-18(22)13(15)9-14-16(12)20(26)24(19(14)25)11-7-5-4-6-8-11/h4-8,12,14,16H,3,9H2,1-2H3/t12-,14+,16-/m1/s1. The third-order valence-electron chi connectivity index (χ3n) is 5.64. The smallest absolute Gasteiger partial charge is 0.238 e. The van der Waals surface area contributed by atoms with Crippen LogP contribution in [0.25, 0.3) is 0 Å². The van der Waals surface area contributed by atoms with E-state index in [1.807, 2.05) is 32.0 Å². The summed E-state index contributed by atoms with van der Waals surface area (Å²) in [6.45, 7) is 3.94. The van der Waals surface area contributed by atoms with E-state index in [4.69, 9.17) is 23.2 Å². The van der Waals surface area contributed by atoms with E-state index < -0.39 is 5.92 Å². The zero-order valence-electron chi connectivity index (χ0n) is 14.5. The predicted octanol–water partition coefficient (Wildman–Crippen LogP) is 4.55. The Bertz CT molecular complexity index is 914. The monoisotopic (exact) mass is 388 g/mol. The van der Waals surface area contributed by atoms with E-state index in [1.165, 1.54) is 4.90 Å². The molecule has 2 aromatic rings. The van der Waals surface area contributed by atoms with Crippen LogP contribution in [0.4, 0.5) is 5.69 Å². The third-order valence-corrected chi connectivity index (χ3v) is 6.32. The van der Waals surface area contributed by atoms with E-state index in [1.54, 1.807) is 12.1 Å². The largest absolute Gasteiger partial charge is 0.274 e. The number of imide groups is 1. The number of carbonyl (C=O) groups is 2. The van der Waals surface area contributed by atoms with Crippen molar-refractivity contribution in [3.05, 3.63) is 57.3 Å². The van der Waals surface area contributed by atoms with E-state index in [0.29, 0.717) is 22.4 Å². The Hall–Kier alpha value is -1.91. The van der Waals surface area contributed by atoms with E-state index in [9.17, 15) is 9.59 Å². The highest BCUT2D eigenvalue weighted by molar-refractivity contribution is 6.33. The first kappa shape index (κ1) is 17.5. The Labute approximate surface area is 162 Å². The zero-order chi connectivity index (χ0) is 18.6. The predicted molar refractivity (Wildman–Crippen MR) is 102 cm³/mol. The van der Waals surface area contributed by atoms with Crippen LogP contribution in [0.2, 0.25) is 10.3 Å². The van der Waals surface area contributed by atoms with Gasteiger partial charge in [-0.1, -0.05) is 48.3 Å². The Morgan fingerprint density at radius 2 is 1.81 bits per heavy atom. The highest BCUT2D eigenvalue weighted by atomic mass is 35.5. The number of amides is 2. The van der Waals surface area contributed by atoms with Gasteiger partial charge < -0.3 is 0 Å². The Morgan fingerprint density at radius 3 is 2.46 bits per heavy atom. The summed E-state index contributed by atoms with van der Waals surface area (Å²) < 4.78 is 0. The van der Waals surface area contributed by atoms with Gasteiger partial charge in [0, 0.05) is 0 Å². The maximum atomic E-state index is 13.2. The van der Waals surface area contributed by atoms with Gasteiger partial charge in [0.15, 0.2) is 0 Å². The molecule has 26 heavy (non-hydrogen) atoms. The Balaban J connectivity index is 1.86. The highest BCUT2D eigenvalue weighted by Crippen LogP contribution is 2.50. The SMILES string of the molecule is CC[C@@H]1c2c(C)c(Cl)nc(Cl)c2C[C@@H]2C(=O)N(c3ccccc3)C(=O)[C@@H]21. The molecule has 2 heterocycles. The molecule has 0 N–H and O–H groups in total. The normalized spacial score (nSPS) is 24.6. The van der Waals surface area contributed by atoms with Gasteiger partial charge in [-0.3, -0.25) is 14.5 Å². The van der Waals surface area contributed by atoms with Crippen LogP contribution in [0.1, 0.15) is 36.0 Å². The lowest BCUT2D eigenvalue weighted by Crippen LogP contribution is -2.33. The summed E-state index contributed by atoms with van der Waals surface area (Å²) in [6, 6.07) is 9.10. The molecule has 1 aliphatic heterocycles. The quantitative estimate of drug-likeness (QED) is 0.559. The molecule has 2 amide bonds. The highest BCUT2D eigenvalue weighted by Gasteiger charge is 2.54. The van der Waals surface area contributed by atoms with Crippen molar-refractivity contribution in [2.45, 2.75) is 32.6 Å². The number of anilines is 1. The van der Waals surface area contributed by atoms with E-state index in [0.717, 1.165) is 23.1 Å². The molecular weight excluding hydrogens is 371 g/mol. The fourth-order valence-corrected chi connectivity index (χ4v) is 4.98. The van der Waals surface area contributed by atoms with Crippen molar-refractivity contribution in [2.75, 3.05) is 4.90 Å².